The number of aliphatic hydroxyl groups is 1. The highest BCUT2D eigenvalue weighted by Gasteiger charge is 2.05. The van der Waals surface area contributed by atoms with Crippen molar-refractivity contribution in [3.05, 3.63) is 17.3 Å². The van der Waals surface area contributed by atoms with Crippen molar-refractivity contribution in [2.24, 2.45) is 0 Å². The van der Waals surface area contributed by atoms with Gasteiger partial charge in [-0.2, -0.15) is 0 Å². The van der Waals surface area contributed by atoms with Crippen LogP contribution in [-0.2, 0) is 0 Å². The summed E-state index contributed by atoms with van der Waals surface area (Å²) in [7, 11) is 0. The predicted molar refractivity (Wildman–Crippen MR) is 57.7 cm³/mol. The first-order valence-electron chi connectivity index (χ1n) is 4.37. The van der Waals surface area contributed by atoms with Crippen molar-refractivity contribution >= 4 is 27.4 Å². The number of aryl methyl sites for hydroxylation is 1. The molecule has 0 saturated heterocycles. The highest BCUT2D eigenvalue weighted by atomic mass is 32.1. The van der Waals surface area contributed by atoms with Gasteiger partial charge in [-0.3, -0.25) is 0 Å². The van der Waals surface area contributed by atoms with Gasteiger partial charge in [-0.1, -0.05) is 0 Å². The van der Waals surface area contributed by atoms with Crippen molar-refractivity contribution in [2.75, 3.05) is 18.5 Å². The minimum Gasteiger partial charge on any atom is -0.395 e. The van der Waals surface area contributed by atoms with Gasteiger partial charge in [-0.15, -0.1) is 11.3 Å². The summed E-state index contributed by atoms with van der Waals surface area (Å²) in [5.74, 6) is 0.799. The molecule has 0 radical (unpaired) electrons. The first kappa shape index (κ1) is 9.36. The molecule has 2 rings (SSSR count). The summed E-state index contributed by atoms with van der Waals surface area (Å²) in [5.41, 5.74) is 0. The lowest BCUT2D eigenvalue weighted by molar-refractivity contribution is 0.311. The lowest BCUT2D eigenvalue weighted by Gasteiger charge is -2.02. The Labute approximate surface area is 85.6 Å². The highest BCUT2D eigenvalue weighted by molar-refractivity contribution is 7.18. The van der Waals surface area contributed by atoms with Crippen molar-refractivity contribution in [1.29, 1.82) is 0 Å². The van der Waals surface area contributed by atoms with Crippen LogP contribution in [0.4, 0.5) is 5.82 Å². The summed E-state index contributed by atoms with van der Waals surface area (Å²) in [6, 6.07) is 2.06. The third-order valence-electron chi connectivity index (χ3n) is 1.86. The molecule has 0 aliphatic carbocycles. The van der Waals surface area contributed by atoms with Gasteiger partial charge in [-0.25, -0.2) is 9.97 Å². The Morgan fingerprint density at radius 1 is 1.50 bits per heavy atom. The van der Waals surface area contributed by atoms with E-state index in [4.69, 9.17) is 5.11 Å². The number of thiophene rings is 1. The number of rotatable bonds is 3. The molecule has 0 aliphatic heterocycles. The van der Waals surface area contributed by atoms with E-state index in [0.717, 1.165) is 16.0 Å². The lowest BCUT2D eigenvalue weighted by atomic mass is 10.3. The molecule has 0 amide bonds. The summed E-state index contributed by atoms with van der Waals surface area (Å²) in [5, 5.41) is 12.8. The maximum atomic E-state index is 8.70. The smallest absolute Gasteiger partial charge is 0.138 e. The van der Waals surface area contributed by atoms with E-state index in [1.807, 2.05) is 6.92 Å². The van der Waals surface area contributed by atoms with Crippen LogP contribution in [0.2, 0.25) is 0 Å². The molecule has 0 spiro atoms. The third-order valence-corrected chi connectivity index (χ3v) is 2.82. The molecule has 2 aromatic heterocycles. The fraction of sp³-hybridized carbons (Fsp3) is 0.333. The normalized spacial score (nSPS) is 10.7. The lowest BCUT2D eigenvalue weighted by Crippen LogP contribution is -2.07. The Balaban J connectivity index is 2.42. The minimum absolute atomic E-state index is 0.106. The van der Waals surface area contributed by atoms with Gasteiger partial charge < -0.3 is 10.4 Å². The largest absolute Gasteiger partial charge is 0.395 e. The first-order chi connectivity index (χ1) is 6.81. The number of aromatic nitrogens is 2. The Hall–Kier alpha value is -1.20. The summed E-state index contributed by atoms with van der Waals surface area (Å²) in [6.07, 6.45) is 1.54. The molecule has 0 atom stereocenters. The molecule has 2 aromatic rings. The van der Waals surface area contributed by atoms with Crippen LogP contribution in [0.1, 0.15) is 4.88 Å². The zero-order valence-electron chi connectivity index (χ0n) is 7.82. The van der Waals surface area contributed by atoms with Crippen LogP contribution in [0.15, 0.2) is 12.4 Å². The fourth-order valence-electron chi connectivity index (χ4n) is 1.29. The van der Waals surface area contributed by atoms with E-state index < -0.39 is 0 Å². The Kier molecular flexibility index (Phi) is 2.60. The predicted octanol–water partition coefficient (Wildman–Crippen LogP) is 1.40. The molecular weight excluding hydrogens is 198 g/mol. The van der Waals surface area contributed by atoms with E-state index in [9.17, 15) is 0 Å². The van der Waals surface area contributed by atoms with Crippen LogP contribution in [0.5, 0.6) is 0 Å². The molecule has 2 heterocycles. The number of aliphatic hydroxyl groups excluding tert-OH is 1. The van der Waals surface area contributed by atoms with Crippen LogP contribution >= 0.6 is 11.3 Å². The van der Waals surface area contributed by atoms with E-state index in [2.05, 4.69) is 21.4 Å². The number of fused-ring (bicyclic) bond motifs is 1. The molecule has 5 heteroatoms. The van der Waals surface area contributed by atoms with E-state index in [1.165, 1.54) is 11.2 Å². The van der Waals surface area contributed by atoms with E-state index in [1.54, 1.807) is 11.3 Å². The first-order valence-corrected chi connectivity index (χ1v) is 5.19. The molecule has 0 saturated carbocycles. The standard InChI is InChI=1S/C9H11N3OS/c1-6-4-7-8(10-2-3-13)11-5-12-9(7)14-6/h4-5,13H,2-3H2,1H3,(H,10,11,12). The molecule has 14 heavy (non-hydrogen) atoms. The maximum Gasteiger partial charge on any atom is 0.138 e. The van der Waals surface area contributed by atoms with Crippen molar-refractivity contribution in [1.82, 2.24) is 9.97 Å². The van der Waals surface area contributed by atoms with Gasteiger partial charge in [0.1, 0.15) is 17.0 Å². The SMILES string of the molecule is Cc1cc2c(NCCO)ncnc2s1. The molecular formula is C9H11N3OS. The van der Waals surface area contributed by atoms with Gasteiger partial charge in [0.05, 0.1) is 12.0 Å². The van der Waals surface area contributed by atoms with Crippen LogP contribution < -0.4 is 5.32 Å². The molecule has 0 unspecified atom stereocenters. The molecule has 2 N–H and O–H groups in total. The minimum atomic E-state index is 0.106. The number of anilines is 1. The highest BCUT2D eigenvalue weighted by Crippen LogP contribution is 2.26. The van der Waals surface area contributed by atoms with E-state index in [0.29, 0.717) is 6.54 Å². The zero-order chi connectivity index (χ0) is 9.97. The van der Waals surface area contributed by atoms with Crippen molar-refractivity contribution in [3.63, 3.8) is 0 Å². The van der Waals surface area contributed by atoms with Gasteiger partial charge in [0.25, 0.3) is 0 Å². The number of nitrogens with one attached hydrogen (secondary N) is 1. The Bertz CT molecular complexity index is 441. The van der Waals surface area contributed by atoms with Crippen molar-refractivity contribution in [3.8, 4) is 0 Å². The summed E-state index contributed by atoms with van der Waals surface area (Å²) >= 11 is 1.65. The van der Waals surface area contributed by atoms with Crippen LogP contribution in [-0.4, -0.2) is 28.2 Å². The van der Waals surface area contributed by atoms with E-state index in [-0.39, 0.29) is 6.61 Å². The summed E-state index contributed by atoms with van der Waals surface area (Å²) in [6.45, 7) is 2.66. The van der Waals surface area contributed by atoms with Crippen LogP contribution in [0.25, 0.3) is 10.2 Å². The fourth-order valence-corrected chi connectivity index (χ4v) is 2.14. The summed E-state index contributed by atoms with van der Waals surface area (Å²) < 4.78 is 0. The van der Waals surface area contributed by atoms with Gasteiger partial charge in [-0.05, 0) is 13.0 Å². The zero-order valence-corrected chi connectivity index (χ0v) is 8.64. The van der Waals surface area contributed by atoms with Gasteiger partial charge >= 0.3 is 0 Å². The number of hydrogen-bond donors (Lipinski definition) is 2. The van der Waals surface area contributed by atoms with E-state index >= 15 is 0 Å². The monoisotopic (exact) mass is 209 g/mol. The maximum absolute atomic E-state index is 8.70. The molecule has 4 nitrogen and oxygen atoms in total. The average Bonchev–Trinajstić information content (AvgIpc) is 2.55. The number of hydrogen-bond acceptors (Lipinski definition) is 5. The molecule has 0 aromatic carbocycles. The summed E-state index contributed by atoms with van der Waals surface area (Å²) in [4.78, 5) is 10.5. The Morgan fingerprint density at radius 2 is 2.36 bits per heavy atom. The number of nitrogens with zero attached hydrogens (tertiary/aromatic N) is 2. The second-order valence-corrected chi connectivity index (χ2v) is 4.18. The second kappa shape index (κ2) is 3.89. The quantitative estimate of drug-likeness (QED) is 0.802. The van der Waals surface area contributed by atoms with Crippen LogP contribution in [0.3, 0.4) is 0 Å². The Morgan fingerprint density at radius 3 is 3.14 bits per heavy atom. The second-order valence-electron chi connectivity index (χ2n) is 2.95. The topological polar surface area (TPSA) is 58.0 Å². The third kappa shape index (κ3) is 1.69. The van der Waals surface area contributed by atoms with Gasteiger partial charge in [0, 0.05) is 11.4 Å². The molecule has 0 fully saturated rings. The molecule has 74 valence electrons. The van der Waals surface area contributed by atoms with Gasteiger partial charge in [0.2, 0.25) is 0 Å². The molecule has 0 aliphatic rings. The van der Waals surface area contributed by atoms with Crippen LogP contribution in [0, 0.1) is 6.92 Å². The van der Waals surface area contributed by atoms with Crippen molar-refractivity contribution in [2.45, 2.75) is 6.92 Å². The molecule has 0 bridgehead atoms. The average molecular weight is 209 g/mol. The van der Waals surface area contributed by atoms with Gasteiger partial charge in [0.15, 0.2) is 0 Å². The van der Waals surface area contributed by atoms with Crippen molar-refractivity contribution < 1.29 is 5.11 Å².